The predicted octanol–water partition coefficient (Wildman–Crippen LogP) is 1.15. The van der Waals surface area contributed by atoms with Crippen LogP contribution in [0.3, 0.4) is 0 Å². The zero-order chi connectivity index (χ0) is 15.0. The van der Waals surface area contributed by atoms with Gasteiger partial charge in [-0.3, -0.25) is 9.59 Å². The van der Waals surface area contributed by atoms with Crippen LogP contribution < -0.4 is 15.5 Å². The predicted molar refractivity (Wildman–Crippen MR) is 80.6 cm³/mol. The number of carbonyl (C=O) groups is 2. The molecule has 5 nitrogen and oxygen atoms in total. The van der Waals surface area contributed by atoms with E-state index in [0.717, 1.165) is 18.7 Å². The fraction of sp³-hybridized carbons (Fsp3) is 0.467. The van der Waals surface area contributed by atoms with Crippen LogP contribution in [0, 0.1) is 0 Å². The summed E-state index contributed by atoms with van der Waals surface area (Å²) < 4.78 is 0. The third-order valence-corrected chi connectivity index (χ3v) is 2.98. The molecule has 0 aliphatic heterocycles. The van der Waals surface area contributed by atoms with E-state index in [-0.39, 0.29) is 11.8 Å². The molecule has 20 heavy (non-hydrogen) atoms. The lowest BCUT2D eigenvalue weighted by atomic mass is 10.2. The molecule has 0 heterocycles. The van der Waals surface area contributed by atoms with Crippen LogP contribution in [-0.4, -0.2) is 38.0 Å². The van der Waals surface area contributed by atoms with E-state index in [2.05, 4.69) is 27.7 Å². The van der Waals surface area contributed by atoms with Gasteiger partial charge in [-0.25, -0.2) is 0 Å². The second-order valence-electron chi connectivity index (χ2n) is 4.82. The average molecular weight is 277 g/mol. The summed E-state index contributed by atoms with van der Waals surface area (Å²) in [4.78, 5) is 24.6. The molecule has 0 aliphatic rings. The summed E-state index contributed by atoms with van der Waals surface area (Å²) in [5.74, 6) is -0.348. The Morgan fingerprint density at radius 3 is 2.50 bits per heavy atom. The first-order chi connectivity index (χ1) is 9.50. The lowest BCUT2D eigenvalue weighted by Crippen LogP contribution is -2.44. The van der Waals surface area contributed by atoms with E-state index in [4.69, 9.17) is 0 Å². The van der Waals surface area contributed by atoms with E-state index in [1.165, 1.54) is 6.92 Å². The Labute approximate surface area is 120 Å². The van der Waals surface area contributed by atoms with Crippen LogP contribution in [0.15, 0.2) is 30.3 Å². The van der Waals surface area contributed by atoms with E-state index in [1.54, 1.807) is 6.92 Å². The van der Waals surface area contributed by atoms with Crippen molar-refractivity contribution in [2.45, 2.75) is 26.3 Å². The molecule has 0 aromatic heterocycles. The summed E-state index contributed by atoms with van der Waals surface area (Å²) in [5.41, 5.74) is 1.16. The van der Waals surface area contributed by atoms with E-state index >= 15 is 0 Å². The molecule has 0 saturated heterocycles. The quantitative estimate of drug-likeness (QED) is 0.735. The van der Waals surface area contributed by atoms with Crippen LogP contribution in [-0.2, 0) is 9.59 Å². The van der Waals surface area contributed by atoms with Crippen molar-refractivity contribution in [1.29, 1.82) is 0 Å². The van der Waals surface area contributed by atoms with Gasteiger partial charge in [0.15, 0.2) is 0 Å². The van der Waals surface area contributed by atoms with Crippen molar-refractivity contribution in [2.75, 3.05) is 25.0 Å². The van der Waals surface area contributed by atoms with Crippen molar-refractivity contribution in [1.82, 2.24) is 10.6 Å². The van der Waals surface area contributed by atoms with Gasteiger partial charge in [-0.2, -0.15) is 0 Å². The standard InChI is InChI=1S/C15H23N3O2/c1-12(17-13(2)19)15(20)16-10-7-11-18(3)14-8-5-4-6-9-14/h4-6,8-9,12H,7,10-11H2,1-3H3,(H,16,20)(H,17,19). The number of carbonyl (C=O) groups excluding carboxylic acids is 2. The van der Waals surface area contributed by atoms with Gasteiger partial charge in [-0.1, -0.05) is 18.2 Å². The van der Waals surface area contributed by atoms with Gasteiger partial charge in [0.25, 0.3) is 0 Å². The highest BCUT2D eigenvalue weighted by Crippen LogP contribution is 2.10. The lowest BCUT2D eigenvalue weighted by Gasteiger charge is -2.19. The summed E-state index contributed by atoms with van der Waals surface area (Å²) in [6.07, 6.45) is 0.851. The van der Waals surface area contributed by atoms with Gasteiger partial charge in [0, 0.05) is 32.7 Å². The number of benzene rings is 1. The molecule has 0 fully saturated rings. The highest BCUT2D eigenvalue weighted by molar-refractivity contribution is 5.86. The van der Waals surface area contributed by atoms with Crippen LogP contribution in [0.2, 0.25) is 0 Å². The van der Waals surface area contributed by atoms with Gasteiger partial charge in [0.2, 0.25) is 11.8 Å². The van der Waals surface area contributed by atoms with Crippen molar-refractivity contribution in [3.8, 4) is 0 Å². The molecule has 5 heteroatoms. The molecular formula is C15H23N3O2. The Hall–Kier alpha value is -2.04. The summed E-state index contributed by atoms with van der Waals surface area (Å²) in [7, 11) is 2.02. The van der Waals surface area contributed by atoms with E-state index in [1.807, 2.05) is 25.2 Å². The normalized spacial score (nSPS) is 11.6. The van der Waals surface area contributed by atoms with Gasteiger partial charge in [0.05, 0.1) is 0 Å². The fourth-order valence-corrected chi connectivity index (χ4v) is 1.86. The SMILES string of the molecule is CC(=O)NC(C)C(=O)NCCCN(C)c1ccccc1. The Bertz CT molecular complexity index is 434. The minimum absolute atomic E-state index is 0.150. The number of amides is 2. The van der Waals surface area contributed by atoms with E-state index in [9.17, 15) is 9.59 Å². The van der Waals surface area contributed by atoms with Crippen molar-refractivity contribution in [3.63, 3.8) is 0 Å². The van der Waals surface area contributed by atoms with Crippen molar-refractivity contribution in [2.24, 2.45) is 0 Å². The third kappa shape index (κ3) is 5.73. The number of hydrogen-bond acceptors (Lipinski definition) is 3. The second kappa shape index (κ2) is 8.19. The lowest BCUT2D eigenvalue weighted by molar-refractivity contribution is -0.127. The Morgan fingerprint density at radius 1 is 1.25 bits per heavy atom. The van der Waals surface area contributed by atoms with Crippen molar-refractivity contribution >= 4 is 17.5 Å². The van der Waals surface area contributed by atoms with Gasteiger partial charge in [-0.05, 0) is 25.5 Å². The molecule has 1 aromatic rings. The fourth-order valence-electron chi connectivity index (χ4n) is 1.86. The topological polar surface area (TPSA) is 61.4 Å². The molecular weight excluding hydrogens is 254 g/mol. The monoisotopic (exact) mass is 277 g/mol. The number of para-hydroxylation sites is 1. The van der Waals surface area contributed by atoms with Gasteiger partial charge >= 0.3 is 0 Å². The van der Waals surface area contributed by atoms with E-state index < -0.39 is 6.04 Å². The molecule has 1 unspecified atom stereocenters. The molecule has 2 N–H and O–H groups in total. The van der Waals surface area contributed by atoms with Crippen molar-refractivity contribution < 1.29 is 9.59 Å². The van der Waals surface area contributed by atoms with Crippen LogP contribution in [0.5, 0.6) is 0 Å². The van der Waals surface area contributed by atoms with Crippen LogP contribution >= 0.6 is 0 Å². The van der Waals surface area contributed by atoms with Crippen LogP contribution in [0.1, 0.15) is 20.3 Å². The zero-order valence-electron chi connectivity index (χ0n) is 12.3. The number of nitrogens with one attached hydrogen (secondary N) is 2. The Morgan fingerprint density at radius 2 is 1.90 bits per heavy atom. The maximum Gasteiger partial charge on any atom is 0.242 e. The van der Waals surface area contributed by atoms with Crippen molar-refractivity contribution in [3.05, 3.63) is 30.3 Å². The summed E-state index contributed by atoms with van der Waals surface area (Å²) >= 11 is 0. The molecule has 1 atom stereocenters. The summed E-state index contributed by atoms with van der Waals surface area (Å²) in [5, 5.41) is 5.37. The summed E-state index contributed by atoms with van der Waals surface area (Å²) in [6.45, 7) is 4.53. The largest absolute Gasteiger partial charge is 0.375 e. The zero-order valence-corrected chi connectivity index (χ0v) is 12.3. The molecule has 0 spiro atoms. The number of nitrogens with zero attached hydrogens (tertiary/aromatic N) is 1. The minimum Gasteiger partial charge on any atom is -0.375 e. The Balaban J connectivity index is 2.21. The minimum atomic E-state index is -0.487. The molecule has 0 radical (unpaired) electrons. The first kappa shape index (κ1) is 16.0. The van der Waals surface area contributed by atoms with Gasteiger partial charge in [0.1, 0.15) is 6.04 Å². The van der Waals surface area contributed by atoms with Crippen LogP contribution in [0.25, 0.3) is 0 Å². The maximum absolute atomic E-state index is 11.7. The smallest absolute Gasteiger partial charge is 0.242 e. The summed E-state index contributed by atoms with van der Waals surface area (Å²) in [6, 6.07) is 9.61. The molecule has 1 aromatic carbocycles. The average Bonchev–Trinajstić information content (AvgIpc) is 2.43. The molecule has 2 amide bonds. The van der Waals surface area contributed by atoms with Gasteiger partial charge < -0.3 is 15.5 Å². The molecule has 0 aliphatic carbocycles. The first-order valence-corrected chi connectivity index (χ1v) is 6.81. The van der Waals surface area contributed by atoms with Crippen LogP contribution in [0.4, 0.5) is 5.69 Å². The van der Waals surface area contributed by atoms with Gasteiger partial charge in [-0.15, -0.1) is 0 Å². The first-order valence-electron chi connectivity index (χ1n) is 6.81. The molecule has 0 bridgehead atoms. The van der Waals surface area contributed by atoms with E-state index in [0.29, 0.717) is 6.54 Å². The number of hydrogen-bond donors (Lipinski definition) is 2. The number of rotatable bonds is 7. The second-order valence-corrected chi connectivity index (χ2v) is 4.82. The molecule has 1 rings (SSSR count). The highest BCUT2D eigenvalue weighted by atomic mass is 16.2. The molecule has 110 valence electrons. The third-order valence-electron chi connectivity index (χ3n) is 2.98. The Kier molecular flexibility index (Phi) is 6.56. The maximum atomic E-state index is 11.7. The number of anilines is 1. The molecule has 0 saturated carbocycles. The highest BCUT2D eigenvalue weighted by Gasteiger charge is 2.12.